The highest BCUT2D eigenvalue weighted by Crippen LogP contribution is 2.19. The summed E-state index contributed by atoms with van der Waals surface area (Å²) in [6.07, 6.45) is 3.26. The molecule has 1 aliphatic heterocycles. The van der Waals surface area contributed by atoms with E-state index >= 15 is 0 Å². The van der Waals surface area contributed by atoms with E-state index in [1.807, 2.05) is 24.4 Å². The van der Waals surface area contributed by atoms with Crippen molar-refractivity contribution in [2.24, 2.45) is 0 Å². The summed E-state index contributed by atoms with van der Waals surface area (Å²) in [6.45, 7) is 4.71. The lowest BCUT2D eigenvalue weighted by molar-refractivity contribution is -0.132. The third-order valence-electron chi connectivity index (χ3n) is 4.68. The van der Waals surface area contributed by atoms with Gasteiger partial charge in [-0.25, -0.2) is 9.97 Å². The highest BCUT2D eigenvalue weighted by Gasteiger charge is 2.23. The predicted octanol–water partition coefficient (Wildman–Crippen LogP) is 1.51. The molecular formula is C18H19N5O2S. The molecule has 7 nitrogen and oxygen atoms in total. The van der Waals surface area contributed by atoms with Crippen molar-refractivity contribution < 1.29 is 4.79 Å². The molecule has 1 aromatic carbocycles. The molecule has 0 bridgehead atoms. The fourth-order valence-corrected chi connectivity index (χ4v) is 3.91. The van der Waals surface area contributed by atoms with Gasteiger partial charge in [-0.2, -0.15) is 0 Å². The van der Waals surface area contributed by atoms with E-state index in [-0.39, 0.29) is 18.0 Å². The van der Waals surface area contributed by atoms with Gasteiger partial charge in [0.1, 0.15) is 6.54 Å². The first-order valence-electron chi connectivity index (χ1n) is 8.50. The zero-order chi connectivity index (χ0) is 18.1. The minimum absolute atomic E-state index is 0.0208. The Morgan fingerprint density at radius 2 is 2.00 bits per heavy atom. The number of para-hydroxylation sites is 1. The van der Waals surface area contributed by atoms with Crippen molar-refractivity contribution in [3.05, 3.63) is 52.0 Å². The number of rotatable bonds is 3. The second-order valence-electron chi connectivity index (χ2n) is 6.33. The molecule has 0 spiro atoms. The van der Waals surface area contributed by atoms with Crippen LogP contribution < -0.4 is 10.5 Å². The first-order valence-corrected chi connectivity index (χ1v) is 9.38. The van der Waals surface area contributed by atoms with E-state index in [0.29, 0.717) is 24.0 Å². The van der Waals surface area contributed by atoms with Crippen LogP contribution in [0.25, 0.3) is 10.9 Å². The van der Waals surface area contributed by atoms with E-state index in [1.165, 1.54) is 10.9 Å². The Balaban J connectivity index is 1.46. The van der Waals surface area contributed by atoms with Crippen molar-refractivity contribution in [2.45, 2.75) is 13.5 Å². The van der Waals surface area contributed by atoms with Gasteiger partial charge in [-0.15, -0.1) is 11.3 Å². The third-order valence-corrected chi connectivity index (χ3v) is 5.52. The highest BCUT2D eigenvalue weighted by atomic mass is 32.1. The van der Waals surface area contributed by atoms with Gasteiger partial charge in [0.15, 0.2) is 5.13 Å². The average molecular weight is 369 g/mol. The quantitative estimate of drug-likeness (QED) is 0.700. The van der Waals surface area contributed by atoms with Crippen LogP contribution in [0, 0.1) is 6.92 Å². The Bertz CT molecular complexity index is 990. The molecule has 1 amide bonds. The van der Waals surface area contributed by atoms with Crippen molar-refractivity contribution in [3.63, 3.8) is 0 Å². The third kappa shape index (κ3) is 3.08. The molecule has 1 saturated heterocycles. The smallest absolute Gasteiger partial charge is 0.261 e. The van der Waals surface area contributed by atoms with Crippen molar-refractivity contribution in [1.82, 2.24) is 19.4 Å². The number of aryl methyl sites for hydroxylation is 1. The van der Waals surface area contributed by atoms with Crippen LogP contribution in [0.4, 0.5) is 5.13 Å². The number of aromatic nitrogens is 3. The summed E-state index contributed by atoms with van der Waals surface area (Å²) in [5, 5.41) is 3.49. The van der Waals surface area contributed by atoms with E-state index in [9.17, 15) is 9.59 Å². The van der Waals surface area contributed by atoms with Gasteiger partial charge < -0.3 is 9.80 Å². The molecule has 26 heavy (non-hydrogen) atoms. The van der Waals surface area contributed by atoms with Crippen molar-refractivity contribution in [3.8, 4) is 0 Å². The van der Waals surface area contributed by atoms with Gasteiger partial charge in [0.25, 0.3) is 5.56 Å². The molecule has 0 atom stereocenters. The maximum absolute atomic E-state index is 12.6. The minimum atomic E-state index is -0.173. The number of anilines is 1. The molecule has 0 N–H and O–H groups in total. The summed E-state index contributed by atoms with van der Waals surface area (Å²) < 4.78 is 1.40. The number of hydrogen-bond donors (Lipinski definition) is 0. The van der Waals surface area contributed by atoms with Gasteiger partial charge in [-0.05, 0) is 18.6 Å². The number of nitrogens with zero attached hydrogens (tertiary/aromatic N) is 5. The number of piperazine rings is 1. The molecule has 0 radical (unpaired) electrons. The van der Waals surface area contributed by atoms with Gasteiger partial charge in [0.2, 0.25) is 5.91 Å². The van der Waals surface area contributed by atoms with Crippen LogP contribution in [0.5, 0.6) is 0 Å². The van der Waals surface area contributed by atoms with E-state index < -0.39 is 0 Å². The van der Waals surface area contributed by atoms with Crippen molar-refractivity contribution in [1.29, 1.82) is 0 Å². The van der Waals surface area contributed by atoms with E-state index in [1.54, 1.807) is 28.5 Å². The number of carbonyl (C=O) groups excluding carboxylic acids is 1. The number of amides is 1. The highest BCUT2D eigenvalue weighted by molar-refractivity contribution is 7.13. The average Bonchev–Trinajstić information content (AvgIpc) is 3.19. The number of benzene rings is 1. The normalized spacial score (nSPS) is 14.8. The summed E-state index contributed by atoms with van der Waals surface area (Å²) in [7, 11) is 0. The molecule has 1 fully saturated rings. The van der Waals surface area contributed by atoms with Gasteiger partial charge in [0.05, 0.1) is 17.2 Å². The topological polar surface area (TPSA) is 71.3 Å². The monoisotopic (exact) mass is 369 g/mol. The van der Waals surface area contributed by atoms with Crippen molar-refractivity contribution >= 4 is 33.3 Å². The lowest BCUT2D eigenvalue weighted by atomic mass is 10.1. The zero-order valence-corrected chi connectivity index (χ0v) is 15.3. The van der Waals surface area contributed by atoms with Gasteiger partial charge in [0, 0.05) is 37.8 Å². The Hall–Kier alpha value is -2.74. The second kappa shape index (κ2) is 6.87. The number of carbonyl (C=O) groups is 1. The Kier molecular flexibility index (Phi) is 4.42. The van der Waals surface area contributed by atoms with Crippen LogP contribution in [0.2, 0.25) is 0 Å². The zero-order valence-electron chi connectivity index (χ0n) is 14.5. The van der Waals surface area contributed by atoms with Gasteiger partial charge >= 0.3 is 0 Å². The van der Waals surface area contributed by atoms with E-state index in [2.05, 4.69) is 14.9 Å². The first-order chi connectivity index (χ1) is 12.6. The largest absolute Gasteiger partial charge is 0.345 e. The molecule has 0 aliphatic carbocycles. The van der Waals surface area contributed by atoms with Crippen LogP contribution in [0.3, 0.4) is 0 Å². The van der Waals surface area contributed by atoms with Crippen LogP contribution in [0.1, 0.15) is 5.56 Å². The molecule has 0 saturated carbocycles. The standard InChI is InChI=1S/C18H19N5O2S/c1-13-3-2-4-14-16(13)20-12-23(17(14)25)11-15(24)21-6-8-22(9-7-21)18-19-5-10-26-18/h2-5,10,12H,6-9,11H2,1H3. The fourth-order valence-electron chi connectivity index (χ4n) is 3.22. The molecule has 3 aromatic rings. The SMILES string of the molecule is Cc1cccc2c(=O)n(CC(=O)N3CCN(c4nccs4)CC3)cnc12. The summed E-state index contributed by atoms with van der Waals surface area (Å²) in [5.41, 5.74) is 1.48. The Morgan fingerprint density at radius 1 is 1.19 bits per heavy atom. The fraction of sp³-hybridized carbons (Fsp3) is 0.333. The van der Waals surface area contributed by atoms with E-state index in [4.69, 9.17) is 0 Å². The lowest BCUT2D eigenvalue weighted by Crippen LogP contribution is -2.50. The van der Waals surface area contributed by atoms with Crippen LogP contribution >= 0.6 is 11.3 Å². The van der Waals surface area contributed by atoms with Crippen LogP contribution in [-0.2, 0) is 11.3 Å². The number of fused-ring (bicyclic) bond motifs is 1. The molecule has 4 rings (SSSR count). The van der Waals surface area contributed by atoms with Gasteiger partial charge in [-0.1, -0.05) is 12.1 Å². The second-order valence-corrected chi connectivity index (χ2v) is 7.20. The molecular weight excluding hydrogens is 350 g/mol. The number of thiazole rings is 1. The molecule has 3 heterocycles. The molecule has 2 aromatic heterocycles. The molecule has 8 heteroatoms. The molecule has 0 unspecified atom stereocenters. The molecule has 134 valence electrons. The van der Waals surface area contributed by atoms with E-state index in [0.717, 1.165) is 23.8 Å². The Labute approximate surface area is 154 Å². The maximum atomic E-state index is 12.6. The summed E-state index contributed by atoms with van der Waals surface area (Å²) in [4.78, 5) is 37.9. The summed E-state index contributed by atoms with van der Waals surface area (Å²) in [6, 6.07) is 5.52. The summed E-state index contributed by atoms with van der Waals surface area (Å²) >= 11 is 1.60. The summed E-state index contributed by atoms with van der Waals surface area (Å²) in [5.74, 6) is -0.0558. The predicted molar refractivity (Wildman–Crippen MR) is 102 cm³/mol. The maximum Gasteiger partial charge on any atom is 0.261 e. The lowest BCUT2D eigenvalue weighted by Gasteiger charge is -2.34. The van der Waals surface area contributed by atoms with Crippen molar-refractivity contribution in [2.75, 3.05) is 31.1 Å². The molecule has 1 aliphatic rings. The van der Waals surface area contributed by atoms with Crippen LogP contribution in [0.15, 0.2) is 40.9 Å². The van der Waals surface area contributed by atoms with Crippen LogP contribution in [-0.4, -0.2) is 51.5 Å². The minimum Gasteiger partial charge on any atom is -0.345 e. The first kappa shape index (κ1) is 16.7. The Morgan fingerprint density at radius 3 is 2.73 bits per heavy atom. The van der Waals surface area contributed by atoms with Gasteiger partial charge in [-0.3, -0.25) is 14.2 Å². The number of hydrogen-bond acceptors (Lipinski definition) is 6.